The van der Waals surface area contributed by atoms with Crippen molar-refractivity contribution in [2.24, 2.45) is 0 Å². The molecule has 116 valence electrons. The molecule has 0 amide bonds. The number of methoxy groups -OCH3 is 1. The predicted molar refractivity (Wildman–Crippen MR) is 82.6 cm³/mol. The number of nitrogens with zero attached hydrogens (tertiary/aromatic N) is 1. The van der Waals surface area contributed by atoms with Crippen molar-refractivity contribution >= 4 is 5.69 Å². The molecule has 0 atom stereocenters. The first-order chi connectivity index (χ1) is 10.2. The third kappa shape index (κ3) is 4.70. The number of hydrogen-bond donors (Lipinski definition) is 1. The van der Waals surface area contributed by atoms with Crippen molar-refractivity contribution in [2.45, 2.75) is 57.5 Å². The normalized spacial score (nSPS) is 17.0. The molecule has 1 fully saturated rings. The highest BCUT2D eigenvalue weighted by molar-refractivity contribution is 5.43. The molecular weight excluding hydrogens is 268 g/mol. The molecule has 1 aromatic carbocycles. The van der Waals surface area contributed by atoms with Gasteiger partial charge in [-0.05, 0) is 18.9 Å². The van der Waals surface area contributed by atoms with Gasteiger partial charge in [0, 0.05) is 30.3 Å². The van der Waals surface area contributed by atoms with Crippen LogP contribution in [0, 0.1) is 10.1 Å². The Labute approximate surface area is 125 Å². The lowest BCUT2D eigenvalue weighted by atomic mass is 9.96. The van der Waals surface area contributed by atoms with Crippen molar-refractivity contribution in [2.75, 3.05) is 7.11 Å². The number of benzene rings is 1. The van der Waals surface area contributed by atoms with Gasteiger partial charge in [-0.3, -0.25) is 10.1 Å². The van der Waals surface area contributed by atoms with E-state index < -0.39 is 0 Å². The van der Waals surface area contributed by atoms with Crippen molar-refractivity contribution in [3.05, 3.63) is 33.9 Å². The lowest BCUT2D eigenvalue weighted by molar-refractivity contribution is -0.384. The molecule has 1 aliphatic carbocycles. The van der Waals surface area contributed by atoms with Gasteiger partial charge in [-0.15, -0.1) is 0 Å². The van der Waals surface area contributed by atoms with Gasteiger partial charge < -0.3 is 10.1 Å². The van der Waals surface area contributed by atoms with E-state index in [0.717, 1.165) is 5.56 Å². The van der Waals surface area contributed by atoms with Gasteiger partial charge in [0.25, 0.3) is 5.69 Å². The van der Waals surface area contributed by atoms with Crippen molar-refractivity contribution in [1.82, 2.24) is 5.32 Å². The maximum Gasteiger partial charge on any atom is 0.270 e. The minimum absolute atomic E-state index is 0.116. The largest absolute Gasteiger partial charge is 0.496 e. The van der Waals surface area contributed by atoms with Crippen LogP contribution < -0.4 is 10.1 Å². The van der Waals surface area contributed by atoms with E-state index in [0.29, 0.717) is 18.3 Å². The van der Waals surface area contributed by atoms with Crippen LogP contribution in [0.4, 0.5) is 5.69 Å². The molecule has 1 N–H and O–H groups in total. The number of nitrogens with one attached hydrogen (secondary N) is 1. The maximum atomic E-state index is 10.9. The smallest absolute Gasteiger partial charge is 0.270 e. The van der Waals surface area contributed by atoms with Crippen molar-refractivity contribution in [3.8, 4) is 5.75 Å². The Bertz CT molecular complexity index is 469. The molecule has 5 heteroatoms. The molecule has 1 saturated carbocycles. The van der Waals surface area contributed by atoms with Crippen LogP contribution >= 0.6 is 0 Å². The topological polar surface area (TPSA) is 64.4 Å². The minimum Gasteiger partial charge on any atom is -0.496 e. The highest BCUT2D eigenvalue weighted by atomic mass is 16.6. The summed E-state index contributed by atoms with van der Waals surface area (Å²) in [6, 6.07) is 5.27. The van der Waals surface area contributed by atoms with E-state index in [9.17, 15) is 10.1 Å². The Morgan fingerprint density at radius 3 is 2.52 bits per heavy atom. The summed E-state index contributed by atoms with van der Waals surface area (Å²) >= 11 is 0. The fraction of sp³-hybridized carbons (Fsp3) is 0.625. The first-order valence-electron chi connectivity index (χ1n) is 7.75. The highest BCUT2D eigenvalue weighted by Crippen LogP contribution is 2.24. The number of nitro benzene ring substituents is 1. The Morgan fingerprint density at radius 1 is 1.24 bits per heavy atom. The van der Waals surface area contributed by atoms with Crippen LogP contribution in [0.5, 0.6) is 5.75 Å². The van der Waals surface area contributed by atoms with E-state index in [4.69, 9.17) is 4.74 Å². The minimum atomic E-state index is -0.362. The summed E-state index contributed by atoms with van der Waals surface area (Å²) in [4.78, 5) is 10.5. The fourth-order valence-electron chi connectivity index (χ4n) is 2.93. The molecule has 0 radical (unpaired) electrons. The van der Waals surface area contributed by atoms with E-state index in [1.54, 1.807) is 19.2 Å². The van der Waals surface area contributed by atoms with Gasteiger partial charge in [0.2, 0.25) is 0 Å². The standard InChI is InChI=1S/C16H24N2O3/c1-21-16-10-9-15(18(19)20)11-13(16)12-17-14-7-5-3-2-4-6-8-14/h9-11,14,17H,2-8,12H2,1H3. The van der Waals surface area contributed by atoms with Crippen LogP contribution in [0.25, 0.3) is 0 Å². The first-order valence-corrected chi connectivity index (χ1v) is 7.75. The lowest BCUT2D eigenvalue weighted by Gasteiger charge is -2.21. The molecule has 21 heavy (non-hydrogen) atoms. The van der Waals surface area contributed by atoms with Gasteiger partial charge in [0.15, 0.2) is 0 Å². The van der Waals surface area contributed by atoms with Gasteiger partial charge in [0.05, 0.1) is 12.0 Å². The van der Waals surface area contributed by atoms with E-state index in [2.05, 4.69) is 5.32 Å². The van der Waals surface area contributed by atoms with Gasteiger partial charge >= 0.3 is 0 Å². The van der Waals surface area contributed by atoms with Crippen molar-refractivity contribution in [3.63, 3.8) is 0 Å². The molecule has 0 aliphatic heterocycles. The second-order valence-electron chi connectivity index (χ2n) is 5.68. The average molecular weight is 292 g/mol. The number of hydrogen-bond acceptors (Lipinski definition) is 4. The van der Waals surface area contributed by atoms with Gasteiger partial charge in [0.1, 0.15) is 5.75 Å². The molecule has 0 heterocycles. The number of non-ortho nitro benzene ring substituents is 1. The van der Waals surface area contributed by atoms with Crippen molar-refractivity contribution < 1.29 is 9.66 Å². The van der Waals surface area contributed by atoms with Crippen LogP contribution in [0.1, 0.15) is 50.5 Å². The SMILES string of the molecule is COc1ccc([N+](=O)[O-])cc1CNC1CCCCCCC1. The van der Waals surface area contributed by atoms with Crippen LogP contribution in [0.3, 0.4) is 0 Å². The highest BCUT2D eigenvalue weighted by Gasteiger charge is 2.14. The summed E-state index contributed by atoms with van der Waals surface area (Å²) in [6.45, 7) is 0.621. The summed E-state index contributed by atoms with van der Waals surface area (Å²) in [5, 5.41) is 14.4. The van der Waals surface area contributed by atoms with Crippen LogP contribution in [0.2, 0.25) is 0 Å². The third-order valence-corrected chi connectivity index (χ3v) is 4.16. The molecule has 1 aromatic rings. The summed E-state index contributed by atoms with van der Waals surface area (Å²) in [5.74, 6) is 0.707. The average Bonchev–Trinajstić information content (AvgIpc) is 2.45. The molecule has 2 rings (SSSR count). The summed E-state index contributed by atoms with van der Waals surface area (Å²) < 4.78 is 5.30. The van der Waals surface area contributed by atoms with Gasteiger partial charge in [-0.2, -0.15) is 0 Å². The number of ether oxygens (including phenoxy) is 1. The second-order valence-corrected chi connectivity index (χ2v) is 5.68. The predicted octanol–water partition coefficient (Wildman–Crippen LogP) is 3.81. The zero-order valence-corrected chi connectivity index (χ0v) is 12.6. The summed E-state index contributed by atoms with van der Waals surface area (Å²) in [6.07, 6.45) is 8.91. The lowest BCUT2D eigenvalue weighted by Crippen LogP contribution is -2.29. The van der Waals surface area contributed by atoms with E-state index in [-0.39, 0.29) is 10.6 Å². The number of nitro groups is 1. The molecule has 1 aliphatic rings. The maximum absolute atomic E-state index is 10.9. The van der Waals surface area contributed by atoms with Gasteiger partial charge in [-0.1, -0.05) is 32.1 Å². The molecule has 0 bridgehead atoms. The van der Waals surface area contributed by atoms with Gasteiger partial charge in [-0.25, -0.2) is 0 Å². The first kappa shape index (κ1) is 15.8. The van der Waals surface area contributed by atoms with Crippen LogP contribution in [-0.2, 0) is 6.54 Å². The zero-order valence-electron chi connectivity index (χ0n) is 12.6. The molecule has 0 saturated heterocycles. The second kappa shape index (κ2) is 7.98. The monoisotopic (exact) mass is 292 g/mol. The molecule has 0 unspecified atom stereocenters. The Hall–Kier alpha value is -1.62. The van der Waals surface area contributed by atoms with E-state index in [1.165, 1.54) is 51.0 Å². The molecule has 0 spiro atoms. The molecule has 0 aromatic heterocycles. The van der Waals surface area contributed by atoms with Crippen LogP contribution in [0.15, 0.2) is 18.2 Å². The Balaban J connectivity index is 2.00. The zero-order chi connectivity index (χ0) is 15.1. The van der Waals surface area contributed by atoms with E-state index in [1.807, 2.05) is 0 Å². The van der Waals surface area contributed by atoms with E-state index >= 15 is 0 Å². The summed E-state index contributed by atoms with van der Waals surface area (Å²) in [7, 11) is 1.60. The Morgan fingerprint density at radius 2 is 1.90 bits per heavy atom. The van der Waals surface area contributed by atoms with Crippen LogP contribution in [-0.4, -0.2) is 18.1 Å². The quantitative estimate of drug-likeness (QED) is 0.662. The molecular formula is C16H24N2O3. The third-order valence-electron chi connectivity index (χ3n) is 4.16. The Kier molecular flexibility index (Phi) is 5.99. The summed E-state index contributed by atoms with van der Waals surface area (Å²) in [5.41, 5.74) is 0.971. The number of rotatable bonds is 5. The van der Waals surface area contributed by atoms with Crippen molar-refractivity contribution in [1.29, 1.82) is 0 Å². The fourth-order valence-corrected chi connectivity index (χ4v) is 2.93. The molecule has 5 nitrogen and oxygen atoms in total.